The van der Waals surface area contributed by atoms with E-state index in [1.54, 1.807) is 12.1 Å². The minimum absolute atomic E-state index is 0.0134. The van der Waals surface area contributed by atoms with Crippen LogP contribution < -0.4 is 10.2 Å². The van der Waals surface area contributed by atoms with Crippen LogP contribution in [0.25, 0.3) is 0 Å². The Kier molecular flexibility index (Phi) is 5.48. The topological polar surface area (TPSA) is 75.9 Å². The van der Waals surface area contributed by atoms with Gasteiger partial charge in [0.1, 0.15) is 23.4 Å². The number of carbonyl (C=O) groups excluding carboxylic acids is 1. The standard InChI is InChI=1S/C22H25FN6O/c1-4-18-22(30)27-20-14(2)25-19(26-21(20)28(18)3)10-7-16-11-24-29(13-16)12-15-5-8-17(23)9-6-15/h5-6,8-9,11,13,18H,4,7,10,12H2,1-3H3,(H,27,30)/t18-/m0/s1. The van der Waals surface area contributed by atoms with Crippen LogP contribution in [0.1, 0.15) is 36.0 Å². The van der Waals surface area contributed by atoms with Crippen LogP contribution in [0.5, 0.6) is 0 Å². The molecule has 4 rings (SSSR count). The van der Waals surface area contributed by atoms with Gasteiger partial charge in [0.25, 0.3) is 0 Å². The van der Waals surface area contributed by atoms with Crippen molar-refractivity contribution in [3.63, 3.8) is 0 Å². The van der Waals surface area contributed by atoms with E-state index in [2.05, 4.69) is 15.4 Å². The Morgan fingerprint density at radius 3 is 2.63 bits per heavy atom. The lowest BCUT2D eigenvalue weighted by atomic mass is 10.1. The number of aryl methyl sites for hydroxylation is 3. The van der Waals surface area contributed by atoms with Gasteiger partial charge in [-0.1, -0.05) is 19.1 Å². The Morgan fingerprint density at radius 2 is 1.90 bits per heavy atom. The van der Waals surface area contributed by atoms with E-state index in [1.807, 2.05) is 42.9 Å². The summed E-state index contributed by atoms with van der Waals surface area (Å²) >= 11 is 0. The van der Waals surface area contributed by atoms with E-state index in [0.717, 1.165) is 34.9 Å². The first-order valence-electron chi connectivity index (χ1n) is 10.1. The molecule has 3 heterocycles. The maximum absolute atomic E-state index is 13.1. The second-order valence-corrected chi connectivity index (χ2v) is 7.62. The van der Waals surface area contributed by atoms with E-state index in [0.29, 0.717) is 25.1 Å². The maximum Gasteiger partial charge on any atom is 0.247 e. The van der Waals surface area contributed by atoms with Gasteiger partial charge in [0.05, 0.1) is 18.4 Å². The van der Waals surface area contributed by atoms with Gasteiger partial charge in [-0.25, -0.2) is 14.4 Å². The third-order valence-electron chi connectivity index (χ3n) is 5.44. The van der Waals surface area contributed by atoms with Crippen LogP contribution in [0.15, 0.2) is 36.7 Å². The summed E-state index contributed by atoms with van der Waals surface area (Å²) in [6, 6.07) is 6.22. The van der Waals surface area contributed by atoms with Crippen LogP contribution >= 0.6 is 0 Å². The monoisotopic (exact) mass is 408 g/mol. The lowest BCUT2D eigenvalue weighted by Gasteiger charge is -2.34. The number of anilines is 2. The molecular formula is C22H25FN6O. The summed E-state index contributed by atoms with van der Waals surface area (Å²) in [5.41, 5.74) is 3.55. The highest BCUT2D eigenvalue weighted by Crippen LogP contribution is 2.32. The van der Waals surface area contributed by atoms with Crippen LogP contribution in [0.2, 0.25) is 0 Å². The number of hydrogen-bond donors (Lipinski definition) is 1. The summed E-state index contributed by atoms with van der Waals surface area (Å²) in [6.07, 6.45) is 5.99. The van der Waals surface area contributed by atoms with Gasteiger partial charge in [0.2, 0.25) is 5.91 Å². The number of likely N-dealkylation sites (N-methyl/N-ethyl adjacent to an activating group) is 1. The van der Waals surface area contributed by atoms with Crippen LogP contribution in [-0.2, 0) is 24.2 Å². The van der Waals surface area contributed by atoms with Crippen molar-refractivity contribution < 1.29 is 9.18 Å². The zero-order valence-electron chi connectivity index (χ0n) is 17.4. The quantitative estimate of drug-likeness (QED) is 0.678. The average molecular weight is 408 g/mol. The van der Waals surface area contributed by atoms with E-state index in [-0.39, 0.29) is 17.8 Å². The second-order valence-electron chi connectivity index (χ2n) is 7.62. The number of amides is 1. The van der Waals surface area contributed by atoms with Gasteiger partial charge >= 0.3 is 0 Å². The first kappa shape index (κ1) is 20.0. The zero-order chi connectivity index (χ0) is 21.3. The van der Waals surface area contributed by atoms with Gasteiger partial charge in [0.15, 0.2) is 5.82 Å². The average Bonchev–Trinajstić information content (AvgIpc) is 3.17. The summed E-state index contributed by atoms with van der Waals surface area (Å²) in [5.74, 6) is 1.27. The summed E-state index contributed by atoms with van der Waals surface area (Å²) in [5, 5.41) is 7.35. The fraction of sp³-hybridized carbons (Fsp3) is 0.364. The highest BCUT2D eigenvalue weighted by Gasteiger charge is 2.31. The predicted molar refractivity (Wildman–Crippen MR) is 113 cm³/mol. The third-order valence-corrected chi connectivity index (χ3v) is 5.44. The molecule has 1 aliphatic heterocycles. The Morgan fingerprint density at radius 1 is 1.13 bits per heavy atom. The third kappa shape index (κ3) is 4.03. The number of hydrogen-bond acceptors (Lipinski definition) is 5. The van der Waals surface area contributed by atoms with Gasteiger partial charge in [-0.15, -0.1) is 0 Å². The van der Waals surface area contributed by atoms with E-state index < -0.39 is 0 Å². The largest absolute Gasteiger partial charge is 0.346 e. The number of halogens is 1. The van der Waals surface area contributed by atoms with Crippen molar-refractivity contribution >= 4 is 17.4 Å². The molecule has 156 valence electrons. The molecule has 7 nitrogen and oxygen atoms in total. The van der Waals surface area contributed by atoms with Gasteiger partial charge < -0.3 is 10.2 Å². The van der Waals surface area contributed by atoms with Crippen LogP contribution in [0.4, 0.5) is 15.9 Å². The van der Waals surface area contributed by atoms with E-state index >= 15 is 0 Å². The minimum atomic E-state index is -0.240. The molecule has 1 amide bonds. The Balaban J connectivity index is 1.45. The van der Waals surface area contributed by atoms with Crippen LogP contribution in [0.3, 0.4) is 0 Å². The number of carbonyl (C=O) groups is 1. The van der Waals surface area contributed by atoms with Crippen molar-refractivity contribution in [3.8, 4) is 0 Å². The number of rotatable bonds is 6. The van der Waals surface area contributed by atoms with Crippen molar-refractivity contribution in [1.29, 1.82) is 0 Å². The molecule has 0 saturated heterocycles. The normalized spacial score (nSPS) is 15.8. The summed E-state index contributed by atoms with van der Waals surface area (Å²) < 4.78 is 14.9. The van der Waals surface area contributed by atoms with E-state index in [1.165, 1.54) is 12.1 Å². The maximum atomic E-state index is 13.1. The second kappa shape index (κ2) is 8.22. The van der Waals surface area contributed by atoms with E-state index in [4.69, 9.17) is 4.98 Å². The van der Waals surface area contributed by atoms with Crippen molar-refractivity contribution in [2.75, 3.05) is 17.3 Å². The molecule has 30 heavy (non-hydrogen) atoms. The Bertz CT molecular complexity index is 1060. The van der Waals surface area contributed by atoms with Crippen LogP contribution in [-0.4, -0.2) is 38.7 Å². The lowest BCUT2D eigenvalue weighted by Crippen LogP contribution is -2.46. The number of aromatic nitrogens is 4. The van der Waals surface area contributed by atoms with Crippen molar-refractivity contribution in [2.45, 2.75) is 45.7 Å². The Hall–Kier alpha value is -3.29. The molecule has 1 aromatic carbocycles. The van der Waals surface area contributed by atoms with Gasteiger partial charge in [0, 0.05) is 19.7 Å². The highest BCUT2D eigenvalue weighted by atomic mass is 19.1. The predicted octanol–water partition coefficient (Wildman–Crippen LogP) is 3.12. The molecule has 0 bridgehead atoms. The molecule has 1 aliphatic rings. The summed E-state index contributed by atoms with van der Waals surface area (Å²) in [6.45, 7) is 4.48. The molecule has 0 radical (unpaired) electrons. The van der Waals surface area contributed by atoms with Gasteiger partial charge in [-0.2, -0.15) is 5.10 Å². The summed E-state index contributed by atoms with van der Waals surface area (Å²) in [4.78, 5) is 23.5. The molecule has 0 fully saturated rings. The van der Waals surface area contributed by atoms with Crippen LogP contribution in [0, 0.1) is 12.7 Å². The van der Waals surface area contributed by atoms with E-state index in [9.17, 15) is 9.18 Å². The smallest absolute Gasteiger partial charge is 0.247 e. The fourth-order valence-corrected chi connectivity index (χ4v) is 3.77. The number of nitrogens with one attached hydrogen (secondary N) is 1. The SMILES string of the molecule is CC[C@H]1C(=O)Nc2c(C)nc(CCc3cnn(Cc4ccc(F)cc4)c3)nc2N1C. The number of benzene rings is 1. The first-order chi connectivity index (χ1) is 14.4. The molecule has 0 spiro atoms. The van der Waals surface area contributed by atoms with Crippen molar-refractivity contribution in [3.05, 3.63) is 65.1 Å². The number of nitrogens with zero attached hydrogens (tertiary/aromatic N) is 5. The minimum Gasteiger partial charge on any atom is -0.346 e. The molecule has 1 N–H and O–H groups in total. The fourth-order valence-electron chi connectivity index (χ4n) is 3.77. The Labute approximate surface area is 175 Å². The van der Waals surface area contributed by atoms with Gasteiger partial charge in [-0.05, 0) is 43.0 Å². The molecule has 0 saturated carbocycles. The van der Waals surface area contributed by atoms with Crippen molar-refractivity contribution in [1.82, 2.24) is 19.7 Å². The molecule has 2 aromatic heterocycles. The lowest BCUT2D eigenvalue weighted by molar-refractivity contribution is -0.117. The number of fused-ring (bicyclic) bond motifs is 1. The zero-order valence-corrected chi connectivity index (χ0v) is 17.4. The summed E-state index contributed by atoms with van der Waals surface area (Å²) in [7, 11) is 1.90. The molecule has 0 unspecified atom stereocenters. The highest BCUT2D eigenvalue weighted by molar-refractivity contribution is 6.03. The van der Waals surface area contributed by atoms with Crippen molar-refractivity contribution in [2.24, 2.45) is 0 Å². The molecule has 0 aliphatic carbocycles. The molecule has 1 atom stereocenters. The molecular weight excluding hydrogens is 383 g/mol. The molecule has 3 aromatic rings. The first-order valence-corrected chi connectivity index (χ1v) is 10.1. The van der Waals surface area contributed by atoms with Gasteiger partial charge in [-0.3, -0.25) is 9.48 Å². The molecule has 8 heteroatoms.